The molecule has 5 rings (SSSR count). The number of fused-ring (bicyclic) bond motifs is 2. The monoisotopic (exact) mass is 456 g/mol. The summed E-state index contributed by atoms with van der Waals surface area (Å²) in [6.07, 6.45) is 1.75. The number of thiophene rings is 1. The molecule has 0 atom stereocenters. The lowest BCUT2D eigenvalue weighted by Crippen LogP contribution is -2.48. The summed E-state index contributed by atoms with van der Waals surface area (Å²) in [5, 5.41) is 0.587. The molecule has 0 N–H and O–H groups in total. The zero-order valence-corrected chi connectivity index (χ0v) is 19.0. The number of carbonyl (C=O) groups excluding carboxylic acids is 1. The van der Waals surface area contributed by atoms with Gasteiger partial charge < -0.3 is 9.64 Å². The van der Waals surface area contributed by atoms with Crippen LogP contribution < -0.4 is 10.3 Å². The van der Waals surface area contributed by atoms with Gasteiger partial charge in [-0.25, -0.2) is 9.37 Å². The van der Waals surface area contributed by atoms with Crippen LogP contribution in [0, 0.1) is 12.7 Å². The van der Waals surface area contributed by atoms with Crippen molar-refractivity contribution in [3.63, 3.8) is 0 Å². The van der Waals surface area contributed by atoms with Gasteiger partial charge in [-0.3, -0.25) is 19.1 Å². The zero-order valence-electron chi connectivity index (χ0n) is 18.2. The van der Waals surface area contributed by atoms with Crippen LogP contribution in [-0.2, 0) is 19.5 Å². The molecule has 2 aliphatic rings. The number of piperazine rings is 1. The van der Waals surface area contributed by atoms with Crippen LogP contribution in [0.4, 0.5) is 4.39 Å². The number of halogens is 1. The smallest absolute Gasteiger partial charge is 0.264 e. The van der Waals surface area contributed by atoms with Crippen molar-refractivity contribution in [1.29, 1.82) is 0 Å². The third kappa shape index (κ3) is 3.59. The Morgan fingerprint density at radius 3 is 2.72 bits per heavy atom. The number of ether oxygens (including phenoxy) is 1. The van der Waals surface area contributed by atoms with E-state index in [1.807, 2.05) is 17.9 Å². The molecule has 0 spiro atoms. The van der Waals surface area contributed by atoms with Gasteiger partial charge in [0.05, 0.1) is 17.4 Å². The molecule has 2 aliphatic heterocycles. The van der Waals surface area contributed by atoms with Crippen molar-refractivity contribution in [1.82, 2.24) is 19.4 Å². The van der Waals surface area contributed by atoms with Crippen molar-refractivity contribution in [3.05, 3.63) is 56.2 Å². The summed E-state index contributed by atoms with van der Waals surface area (Å²) < 4.78 is 20.7. The number of rotatable bonds is 4. The van der Waals surface area contributed by atoms with Gasteiger partial charge in [0.1, 0.15) is 10.7 Å². The lowest BCUT2D eigenvalue weighted by Gasteiger charge is -2.34. The molecule has 2 aromatic heterocycles. The molecule has 168 valence electrons. The standard InChI is InChI=1S/C23H25FN4O3S/c1-14-19-21(25-18-4-3-7-28(18)22(19)29)32-20(14)23(30)27-10-8-26(9-11-27)13-15-5-6-17(31-2)16(24)12-15/h5-6,12H,3-4,7-11,13H2,1-2H3. The fraction of sp³-hybridized carbons (Fsp3) is 0.435. The van der Waals surface area contributed by atoms with E-state index in [1.54, 1.807) is 10.6 Å². The number of hydrogen-bond acceptors (Lipinski definition) is 6. The molecule has 0 bridgehead atoms. The van der Waals surface area contributed by atoms with Gasteiger partial charge in [0.2, 0.25) is 0 Å². The van der Waals surface area contributed by atoms with Crippen LogP contribution in [0.25, 0.3) is 10.2 Å². The van der Waals surface area contributed by atoms with Gasteiger partial charge in [-0.1, -0.05) is 6.07 Å². The number of benzene rings is 1. The van der Waals surface area contributed by atoms with E-state index in [-0.39, 0.29) is 23.0 Å². The largest absolute Gasteiger partial charge is 0.494 e. The maximum Gasteiger partial charge on any atom is 0.264 e. The van der Waals surface area contributed by atoms with Crippen LogP contribution in [0.3, 0.4) is 0 Å². The number of amides is 1. The van der Waals surface area contributed by atoms with Crippen LogP contribution in [-0.4, -0.2) is 58.5 Å². The molecule has 0 unspecified atom stereocenters. The van der Waals surface area contributed by atoms with Crippen LogP contribution in [0.5, 0.6) is 5.75 Å². The number of nitrogens with zero attached hydrogens (tertiary/aromatic N) is 4. The summed E-state index contributed by atoms with van der Waals surface area (Å²) in [4.78, 5) is 36.1. The molecule has 9 heteroatoms. The van der Waals surface area contributed by atoms with E-state index in [0.717, 1.165) is 29.8 Å². The Morgan fingerprint density at radius 2 is 2.00 bits per heavy atom. The average Bonchev–Trinajstić information content (AvgIpc) is 3.39. The molecule has 7 nitrogen and oxygen atoms in total. The molecule has 1 aromatic carbocycles. The predicted octanol–water partition coefficient (Wildman–Crippen LogP) is 2.82. The van der Waals surface area contributed by atoms with Gasteiger partial charge in [-0.2, -0.15) is 0 Å². The van der Waals surface area contributed by atoms with Crippen LogP contribution in [0.15, 0.2) is 23.0 Å². The van der Waals surface area contributed by atoms with Crippen LogP contribution >= 0.6 is 11.3 Å². The van der Waals surface area contributed by atoms with E-state index in [9.17, 15) is 14.0 Å². The molecular weight excluding hydrogens is 431 g/mol. The van der Waals surface area contributed by atoms with Gasteiger partial charge in [-0.15, -0.1) is 11.3 Å². The fourth-order valence-corrected chi connectivity index (χ4v) is 5.76. The Labute approximate surface area is 189 Å². The Bertz CT molecular complexity index is 1260. The topological polar surface area (TPSA) is 67.7 Å². The molecule has 1 saturated heterocycles. The highest BCUT2D eigenvalue weighted by Crippen LogP contribution is 2.30. The number of aromatic nitrogens is 2. The van der Waals surface area contributed by atoms with Crippen molar-refractivity contribution in [3.8, 4) is 5.75 Å². The first-order valence-electron chi connectivity index (χ1n) is 10.8. The first-order chi connectivity index (χ1) is 15.5. The first kappa shape index (κ1) is 21.1. The Kier molecular flexibility index (Phi) is 5.46. The molecule has 1 fully saturated rings. The minimum atomic E-state index is -0.366. The Hall–Kier alpha value is -2.78. The number of aryl methyl sites for hydroxylation is 2. The van der Waals surface area contributed by atoms with Gasteiger partial charge in [0.15, 0.2) is 11.6 Å². The van der Waals surface area contributed by atoms with E-state index in [2.05, 4.69) is 9.88 Å². The number of methoxy groups -OCH3 is 1. The van der Waals surface area contributed by atoms with E-state index >= 15 is 0 Å². The van der Waals surface area contributed by atoms with Crippen molar-refractivity contribution in [2.24, 2.45) is 0 Å². The van der Waals surface area contributed by atoms with Crippen molar-refractivity contribution in [2.45, 2.75) is 32.9 Å². The zero-order chi connectivity index (χ0) is 22.4. The van der Waals surface area contributed by atoms with Crippen molar-refractivity contribution >= 4 is 27.5 Å². The summed E-state index contributed by atoms with van der Waals surface area (Å²) in [7, 11) is 1.45. The van der Waals surface area contributed by atoms with Gasteiger partial charge in [0.25, 0.3) is 11.5 Å². The van der Waals surface area contributed by atoms with Gasteiger partial charge >= 0.3 is 0 Å². The van der Waals surface area contributed by atoms with E-state index in [1.165, 1.54) is 24.5 Å². The molecule has 1 amide bonds. The maximum absolute atomic E-state index is 14.0. The second kappa shape index (κ2) is 8.29. The summed E-state index contributed by atoms with van der Waals surface area (Å²) in [5.74, 6) is 0.660. The molecule has 0 aliphatic carbocycles. The SMILES string of the molecule is COc1ccc(CN2CCN(C(=O)c3sc4nc5n(c(=O)c4c3C)CCC5)CC2)cc1F. The van der Waals surface area contributed by atoms with Gasteiger partial charge in [-0.05, 0) is 36.6 Å². The van der Waals surface area contributed by atoms with E-state index in [0.29, 0.717) is 54.4 Å². The summed E-state index contributed by atoms with van der Waals surface area (Å²) >= 11 is 1.33. The second-order valence-corrected chi connectivity index (χ2v) is 9.36. The highest BCUT2D eigenvalue weighted by Gasteiger charge is 2.28. The lowest BCUT2D eigenvalue weighted by molar-refractivity contribution is 0.0632. The first-order valence-corrected chi connectivity index (χ1v) is 11.6. The van der Waals surface area contributed by atoms with Crippen molar-refractivity contribution in [2.75, 3.05) is 33.3 Å². The molecule has 3 aromatic rings. The van der Waals surface area contributed by atoms with Crippen LogP contribution in [0.2, 0.25) is 0 Å². The Morgan fingerprint density at radius 1 is 1.22 bits per heavy atom. The molecular formula is C23H25FN4O3S. The maximum atomic E-state index is 14.0. The summed E-state index contributed by atoms with van der Waals surface area (Å²) in [6.45, 7) is 5.78. The molecule has 4 heterocycles. The third-order valence-corrected chi connectivity index (χ3v) is 7.56. The number of hydrogen-bond donors (Lipinski definition) is 0. The second-order valence-electron chi connectivity index (χ2n) is 8.36. The molecule has 32 heavy (non-hydrogen) atoms. The summed E-state index contributed by atoms with van der Waals surface area (Å²) in [6, 6.07) is 5.00. The fourth-order valence-electron chi connectivity index (χ4n) is 4.60. The third-order valence-electron chi connectivity index (χ3n) is 6.39. The number of carbonyl (C=O) groups is 1. The van der Waals surface area contributed by atoms with Crippen molar-refractivity contribution < 1.29 is 13.9 Å². The highest BCUT2D eigenvalue weighted by atomic mass is 32.1. The molecule has 0 saturated carbocycles. The normalized spacial score (nSPS) is 16.5. The van der Waals surface area contributed by atoms with E-state index in [4.69, 9.17) is 4.74 Å². The Balaban J connectivity index is 1.29. The average molecular weight is 457 g/mol. The van der Waals surface area contributed by atoms with Crippen LogP contribution in [0.1, 0.15) is 33.0 Å². The summed E-state index contributed by atoms with van der Waals surface area (Å²) in [5.41, 5.74) is 1.60. The minimum absolute atomic E-state index is 0.0214. The van der Waals surface area contributed by atoms with E-state index < -0.39 is 0 Å². The minimum Gasteiger partial charge on any atom is -0.494 e. The van der Waals surface area contributed by atoms with Gasteiger partial charge in [0, 0.05) is 45.7 Å². The highest BCUT2D eigenvalue weighted by molar-refractivity contribution is 7.20. The quantitative estimate of drug-likeness (QED) is 0.604. The predicted molar refractivity (Wildman–Crippen MR) is 121 cm³/mol. The molecule has 0 radical (unpaired) electrons. The lowest BCUT2D eigenvalue weighted by atomic mass is 10.1.